The Labute approximate surface area is 167 Å². The van der Waals surface area contributed by atoms with Gasteiger partial charge in [-0.2, -0.15) is 0 Å². The van der Waals surface area contributed by atoms with Crippen LogP contribution in [0.5, 0.6) is 0 Å². The molecule has 7 heteroatoms. The van der Waals surface area contributed by atoms with E-state index in [0.717, 1.165) is 27.8 Å². The molecule has 144 valence electrons. The maximum absolute atomic E-state index is 12.9. The average Bonchev–Trinajstić information content (AvgIpc) is 3.41. The van der Waals surface area contributed by atoms with Crippen LogP contribution in [-0.4, -0.2) is 34.5 Å². The summed E-state index contributed by atoms with van der Waals surface area (Å²) in [7, 11) is 0. The maximum Gasteiger partial charge on any atom is 0.323 e. The van der Waals surface area contributed by atoms with Crippen LogP contribution in [0.1, 0.15) is 17.7 Å². The molecule has 5 rings (SSSR count). The Morgan fingerprint density at radius 1 is 1.24 bits per heavy atom. The largest absolute Gasteiger partial charge is 0.357 e. The van der Waals surface area contributed by atoms with E-state index in [1.165, 1.54) is 4.90 Å². The van der Waals surface area contributed by atoms with Gasteiger partial charge < -0.3 is 15.6 Å². The SMILES string of the molecule is [C-]#[N+][C@@H]1C[C@@]2(CN1C(=O)NCc1cc3ccccc3[nH]1)C(=O)Nc1ccccc12. The van der Waals surface area contributed by atoms with Crippen molar-refractivity contribution < 1.29 is 9.59 Å². The van der Waals surface area contributed by atoms with Crippen LogP contribution in [0, 0.1) is 6.57 Å². The Morgan fingerprint density at radius 3 is 2.86 bits per heavy atom. The van der Waals surface area contributed by atoms with E-state index in [1.807, 2.05) is 54.6 Å². The van der Waals surface area contributed by atoms with Gasteiger partial charge >= 0.3 is 12.2 Å². The van der Waals surface area contributed by atoms with Crippen molar-refractivity contribution in [3.8, 4) is 0 Å². The van der Waals surface area contributed by atoms with Crippen LogP contribution < -0.4 is 10.6 Å². The van der Waals surface area contributed by atoms with E-state index in [4.69, 9.17) is 6.57 Å². The number of rotatable bonds is 2. The molecule has 29 heavy (non-hydrogen) atoms. The molecule has 1 fully saturated rings. The summed E-state index contributed by atoms with van der Waals surface area (Å²) in [6.45, 7) is 8.08. The van der Waals surface area contributed by atoms with Crippen molar-refractivity contribution in [3.05, 3.63) is 77.3 Å². The normalized spacial score (nSPS) is 22.5. The zero-order valence-electron chi connectivity index (χ0n) is 15.6. The third kappa shape index (κ3) is 2.64. The first-order valence-electron chi connectivity index (χ1n) is 9.49. The number of anilines is 1. The minimum absolute atomic E-state index is 0.140. The molecule has 3 amide bonds. The number of hydrogen-bond donors (Lipinski definition) is 3. The third-order valence-electron chi connectivity index (χ3n) is 5.88. The third-order valence-corrected chi connectivity index (χ3v) is 5.88. The minimum atomic E-state index is -0.857. The van der Waals surface area contributed by atoms with Crippen molar-refractivity contribution >= 4 is 28.5 Å². The first-order valence-corrected chi connectivity index (χ1v) is 9.49. The van der Waals surface area contributed by atoms with E-state index < -0.39 is 11.6 Å². The fraction of sp³-hybridized carbons (Fsp3) is 0.227. The van der Waals surface area contributed by atoms with Gasteiger partial charge in [-0.1, -0.05) is 36.4 Å². The van der Waals surface area contributed by atoms with Crippen LogP contribution in [0.4, 0.5) is 10.5 Å². The van der Waals surface area contributed by atoms with E-state index in [9.17, 15) is 9.59 Å². The number of H-pyrrole nitrogens is 1. The lowest BCUT2D eigenvalue weighted by molar-refractivity contribution is -0.120. The summed E-state index contributed by atoms with van der Waals surface area (Å²) in [4.78, 5) is 34.1. The van der Waals surface area contributed by atoms with Gasteiger partial charge in [0, 0.05) is 23.4 Å². The summed E-state index contributed by atoms with van der Waals surface area (Å²) in [5, 5.41) is 6.87. The maximum atomic E-state index is 12.9. The fourth-order valence-electron chi connectivity index (χ4n) is 4.44. The molecule has 3 aromatic rings. The topological polar surface area (TPSA) is 81.6 Å². The zero-order valence-corrected chi connectivity index (χ0v) is 15.6. The molecule has 2 aliphatic heterocycles. The molecule has 0 saturated carbocycles. The van der Waals surface area contributed by atoms with Gasteiger partial charge in [0.1, 0.15) is 5.41 Å². The minimum Gasteiger partial charge on any atom is -0.357 e. The van der Waals surface area contributed by atoms with Gasteiger partial charge in [-0.15, -0.1) is 0 Å². The molecule has 2 atom stereocenters. The lowest BCUT2D eigenvalue weighted by atomic mass is 9.80. The second kappa shape index (κ2) is 6.38. The first kappa shape index (κ1) is 17.3. The monoisotopic (exact) mass is 385 g/mol. The molecule has 3 heterocycles. The molecule has 7 nitrogen and oxygen atoms in total. The van der Waals surface area contributed by atoms with E-state index in [2.05, 4.69) is 20.5 Å². The van der Waals surface area contributed by atoms with Crippen LogP contribution in [-0.2, 0) is 16.8 Å². The predicted octanol–water partition coefficient (Wildman–Crippen LogP) is 3.22. The molecule has 1 aromatic heterocycles. The molecule has 3 N–H and O–H groups in total. The van der Waals surface area contributed by atoms with Gasteiger partial charge in [0.15, 0.2) is 0 Å². The molecule has 0 radical (unpaired) electrons. The number of nitrogens with one attached hydrogen (secondary N) is 3. The highest BCUT2D eigenvalue weighted by molar-refractivity contribution is 6.07. The zero-order chi connectivity index (χ0) is 20.0. The number of para-hydroxylation sites is 2. The van der Waals surface area contributed by atoms with Crippen molar-refractivity contribution in [2.24, 2.45) is 0 Å². The number of aromatic nitrogens is 1. The Morgan fingerprint density at radius 2 is 2.03 bits per heavy atom. The van der Waals surface area contributed by atoms with Crippen molar-refractivity contribution in [2.45, 2.75) is 24.5 Å². The van der Waals surface area contributed by atoms with Gasteiger partial charge in [0.25, 0.3) is 0 Å². The van der Waals surface area contributed by atoms with Gasteiger partial charge in [0.2, 0.25) is 5.91 Å². The van der Waals surface area contributed by atoms with Crippen molar-refractivity contribution in [1.29, 1.82) is 0 Å². The van der Waals surface area contributed by atoms with Crippen molar-refractivity contribution in [1.82, 2.24) is 15.2 Å². The number of fused-ring (bicyclic) bond motifs is 3. The highest BCUT2D eigenvalue weighted by atomic mass is 16.2. The van der Waals surface area contributed by atoms with Crippen LogP contribution in [0.3, 0.4) is 0 Å². The summed E-state index contributed by atoms with van der Waals surface area (Å²) >= 11 is 0. The first-order chi connectivity index (χ1) is 14.1. The summed E-state index contributed by atoms with van der Waals surface area (Å²) in [6.07, 6.45) is -0.367. The lowest BCUT2D eigenvalue weighted by Crippen LogP contribution is -2.44. The molecule has 2 aromatic carbocycles. The number of hydrogen-bond acceptors (Lipinski definition) is 2. The number of likely N-dealkylation sites (tertiary alicyclic amines) is 1. The fourth-order valence-corrected chi connectivity index (χ4v) is 4.44. The van der Waals surface area contributed by atoms with Gasteiger partial charge in [-0.05, 0) is 29.1 Å². The number of carbonyl (C=O) groups is 2. The quantitative estimate of drug-likeness (QED) is 0.592. The highest BCUT2D eigenvalue weighted by Crippen LogP contribution is 2.46. The molecule has 0 unspecified atom stereocenters. The molecular formula is C22H19N5O2. The second-order valence-corrected chi connectivity index (χ2v) is 7.56. The summed E-state index contributed by atoms with van der Waals surface area (Å²) in [5.74, 6) is -0.140. The van der Waals surface area contributed by atoms with Crippen molar-refractivity contribution in [3.63, 3.8) is 0 Å². The molecule has 0 bridgehead atoms. The number of carbonyl (C=O) groups excluding carboxylic acids is 2. The van der Waals surface area contributed by atoms with Gasteiger partial charge in [-0.25, -0.2) is 11.4 Å². The van der Waals surface area contributed by atoms with Crippen LogP contribution in [0.2, 0.25) is 0 Å². The molecular weight excluding hydrogens is 366 g/mol. The Hall–Kier alpha value is -3.79. The van der Waals surface area contributed by atoms with E-state index >= 15 is 0 Å². The Bertz CT molecular complexity index is 1140. The smallest absolute Gasteiger partial charge is 0.323 e. The van der Waals surface area contributed by atoms with Crippen LogP contribution in [0.25, 0.3) is 15.7 Å². The molecule has 2 aliphatic rings. The summed E-state index contributed by atoms with van der Waals surface area (Å²) in [5.41, 5.74) is 2.67. The number of nitrogens with zero attached hydrogens (tertiary/aromatic N) is 2. The number of benzene rings is 2. The van der Waals surface area contributed by atoms with E-state index in [-0.39, 0.29) is 18.5 Å². The Balaban J connectivity index is 1.36. The lowest BCUT2D eigenvalue weighted by Gasteiger charge is -2.21. The number of aromatic amines is 1. The second-order valence-electron chi connectivity index (χ2n) is 7.56. The van der Waals surface area contributed by atoms with Crippen LogP contribution in [0.15, 0.2) is 54.6 Å². The van der Waals surface area contributed by atoms with Gasteiger partial charge in [-0.3, -0.25) is 14.5 Å². The summed E-state index contributed by atoms with van der Waals surface area (Å²) < 4.78 is 0. The Kier molecular flexibility index (Phi) is 3.81. The van der Waals surface area contributed by atoms with Crippen LogP contribution >= 0.6 is 0 Å². The predicted molar refractivity (Wildman–Crippen MR) is 109 cm³/mol. The average molecular weight is 385 g/mol. The standard InChI is InChI=1S/C22H19N5O2/c1-23-19-11-22(16-7-3-5-9-18(16)26-20(22)28)13-27(19)21(29)24-12-15-10-14-6-2-4-8-17(14)25-15/h2-10,19,25H,11-13H2,(H,24,29)(H,26,28)/t19-,22-/m0/s1. The highest BCUT2D eigenvalue weighted by Gasteiger charge is 2.58. The summed E-state index contributed by atoms with van der Waals surface area (Å²) in [6, 6.07) is 17.1. The molecule has 0 aliphatic carbocycles. The number of amides is 3. The van der Waals surface area contributed by atoms with Gasteiger partial charge in [0.05, 0.1) is 13.0 Å². The van der Waals surface area contributed by atoms with E-state index in [1.54, 1.807) is 0 Å². The molecule has 1 saturated heterocycles. The number of urea groups is 1. The molecule has 1 spiro atoms. The van der Waals surface area contributed by atoms with Crippen molar-refractivity contribution in [2.75, 3.05) is 11.9 Å². The van der Waals surface area contributed by atoms with E-state index in [0.29, 0.717) is 13.0 Å².